The van der Waals surface area contributed by atoms with Crippen LogP contribution in [0.25, 0.3) is 28.1 Å². The lowest BCUT2D eigenvalue weighted by atomic mass is 10.1. The highest BCUT2D eigenvalue weighted by atomic mass is 16.6. The Morgan fingerprint density at radius 2 is 1.55 bits per heavy atom. The first-order valence-electron chi connectivity index (χ1n) is 10.4. The third kappa shape index (κ3) is 3.00. The van der Waals surface area contributed by atoms with Crippen molar-refractivity contribution in [2.75, 3.05) is 0 Å². The Morgan fingerprint density at radius 1 is 0.848 bits per heavy atom. The van der Waals surface area contributed by atoms with E-state index < -0.39 is 4.92 Å². The molecular weight excluding hydrogens is 416 g/mol. The summed E-state index contributed by atoms with van der Waals surface area (Å²) in [5, 5.41) is 15.7. The van der Waals surface area contributed by atoms with Crippen LogP contribution < -0.4 is 0 Å². The molecule has 0 atom stereocenters. The van der Waals surface area contributed by atoms with Gasteiger partial charge in [0.05, 0.1) is 27.7 Å². The van der Waals surface area contributed by atoms with Gasteiger partial charge in [-0.2, -0.15) is 5.10 Å². The Hall–Kier alpha value is -4.72. The Bertz CT molecular complexity index is 1590. The van der Waals surface area contributed by atoms with Crippen molar-refractivity contribution >= 4 is 28.3 Å². The largest absolute Gasteiger partial charge is 0.269 e. The van der Waals surface area contributed by atoms with Crippen molar-refractivity contribution < 1.29 is 4.92 Å². The lowest BCUT2D eigenvalue weighted by Gasteiger charge is -2.04. The number of hydrogen-bond donors (Lipinski definition) is 0. The number of aryl methyl sites for hydroxylation is 1. The molecule has 33 heavy (non-hydrogen) atoms. The lowest BCUT2D eigenvalue weighted by molar-refractivity contribution is -0.384. The number of nitro groups is 1. The topological polar surface area (TPSA) is 99.1 Å². The van der Waals surface area contributed by atoms with Gasteiger partial charge < -0.3 is 0 Å². The van der Waals surface area contributed by atoms with Crippen LogP contribution in [0.5, 0.6) is 0 Å². The number of rotatable bonds is 3. The zero-order chi connectivity index (χ0) is 22.5. The molecule has 8 heteroatoms. The molecule has 0 unspecified atom stereocenters. The van der Waals surface area contributed by atoms with Gasteiger partial charge in [0, 0.05) is 23.3 Å². The second-order valence-corrected chi connectivity index (χ2v) is 7.71. The summed E-state index contributed by atoms with van der Waals surface area (Å²) in [6, 6.07) is 23.9. The zero-order valence-electron chi connectivity index (χ0n) is 17.5. The van der Waals surface area contributed by atoms with E-state index in [1.807, 2.05) is 66.2 Å². The summed E-state index contributed by atoms with van der Waals surface area (Å²) in [4.78, 5) is 25.3. The van der Waals surface area contributed by atoms with E-state index in [0.29, 0.717) is 28.3 Å². The number of nitrogens with zero attached hydrogens (tertiary/aromatic N) is 6. The van der Waals surface area contributed by atoms with Gasteiger partial charge in [-0.3, -0.25) is 10.1 Å². The predicted octanol–water partition coefficient (Wildman–Crippen LogP) is 5.18. The maximum atomic E-state index is 11.0. The highest BCUT2D eigenvalue weighted by Crippen LogP contribution is 2.37. The minimum atomic E-state index is -0.424. The van der Waals surface area contributed by atoms with E-state index in [1.165, 1.54) is 12.1 Å². The SMILES string of the molecule is Cc1nn(-c2ccccc2)c2nc3c(nc12)C(=Nc1ccc([N+](=O)[O-])cc1)c1ccccc1-3. The zero-order valence-corrected chi connectivity index (χ0v) is 17.5. The predicted molar refractivity (Wildman–Crippen MR) is 125 cm³/mol. The monoisotopic (exact) mass is 432 g/mol. The Labute approximate surface area is 188 Å². The summed E-state index contributed by atoms with van der Waals surface area (Å²) in [6.07, 6.45) is 0. The van der Waals surface area contributed by atoms with Crippen molar-refractivity contribution in [3.8, 4) is 16.9 Å². The Kier molecular flexibility index (Phi) is 4.13. The molecule has 8 nitrogen and oxygen atoms in total. The molecule has 1 aliphatic carbocycles. The van der Waals surface area contributed by atoms with E-state index in [2.05, 4.69) is 5.10 Å². The number of benzene rings is 3. The van der Waals surface area contributed by atoms with Gasteiger partial charge in [-0.25, -0.2) is 19.6 Å². The van der Waals surface area contributed by atoms with Crippen LogP contribution in [0.2, 0.25) is 0 Å². The third-order valence-corrected chi connectivity index (χ3v) is 5.63. The average Bonchev–Trinajstić information content (AvgIpc) is 3.33. The molecule has 158 valence electrons. The highest BCUT2D eigenvalue weighted by molar-refractivity contribution is 6.24. The van der Waals surface area contributed by atoms with Crippen molar-refractivity contribution in [3.05, 3.63) is 106 Å². The first-order chi connectivity index (χ1) is 16.1. The molecular formula is C25H16N6O2. The van der Waals surface area contributed by atoms with Crippen LogP contribution in [-0.2, 0) is 0 Å². The van der Waals surface area contributed by atoms with Crippen molar-refractivity contribution in [3.63, 3.8) is 0 Å². The first-order valence-corrected chi connectivity index (χ1v) is 10.4. The van der Waals surface area contributed by atoms with E-state index in [4.69, 9.17) is 15.0 Å². The molecule has 0 saturated heterocycles. The van der Waals surface area contributed by atoms with E-state index in [0.717, 1.165) is 28.2 Å². The van der Waals surface area contributed by atoms with Crippen molar-refractivity contribution in [1.29, 1.82) is 0 Å². The summed E-state index contributed by atoms with van der Waals surface area (Å²) in [5.41, 5.74) is 7.70. The number of aliphatic imine (C=N–C) groups is 1. The van der Waals surface area contributed by atoms with Crippen LogP contribution in [0.1, 0.15) is 17.0 Å². The maximum absolute atomic E-state index is 11.0. The molecule has 0 aliphatic heterocycles. The second kappa shape index (κ2) is 7.16. The summed E-state index contributed by atoms with van der Waals surface area (Å²) in [7, 11) is 0. The van der Waals surface area contributed by atoms with E-state index in [9.17, 15) is 10.1 Å². The fraction of sp³-hybridized carbons (Fsp3) is 0.0400. The molecule has 6 rings (SSSR count). The average molecular weight is 432 g/mol. The van der Waals surface area contributed by atoms with Crippen LogP contribution in [0.3, 0.4) is 0 Å². The number of fused-ring (bicyclic) bond motifs is 4. The summed E-state index contributed by atoms with van der Waals surface area (Å²) in [6.45, 7) is 1.91. The number of hydrogen-bond acceptors (Lipinski definition) is 6. The molecule has 1 aliphatic rings. The summed E-state index contributed by atoms with van der Waals surface area (Å²) >= 11 is 0. The molecule has 0 spiro atoms. The second-order valence-electron chi connectivity index (χ2n) is 7.71. The molecule has 3 aromatic carbocycles. The molecule has 0 bridgehead atoms. The number of aromatic nitrogens is 4. The van der Waals surface area contributed by atoms with E-state index in [-0.39, 0.29) is 5.69 Å². The number of para-hydroxylation sites is 1. The van der Waals surface area contributed by atoms with Gasteiger partial charge in [-0.15, -0.1) is 0 Å². The van der Waals surface area contributed by atoms with Crippen molar-refractivity contribution in [2.45, 2.75) is 6.92 Å². The Morgan fingerprint density at radius 3 is 2.27 bits per heavy atom. The fourth-order valence-corrected chi connectivity index (χ4v) is 4.08. The highest BCUT2D eigenvalue weighted by Gasteiger charge is 2.30. The van der Waals surface area contributed by atoms with Gasteiger partial charge in [0.15, 0.2) is 5.65 Å². The quantitative estimate of drug-likeness (QED) is 0.283. The molecule has 0 fully saturated rings. The number of non-ortho nitro benzene ring substituents is 1. The van der Waals surface area contributed by atoms with E-state index >= 15 is 0 Å². The van der Waals surface area contributed by atoms with Crippen LogP contribution in [-0.4, -0.2) is 30.4 Å². The van der Waals surface area contributed by atoms with Crippen LogP contribution in [0.4, 0.5) is 11.4 Å². The minimum Gasteiger partial charge on any atom is -0.258 e. The van der Waals surface area contributed by atoms with Gasteiger partial charge in [-0.05, 0) is 31.2 Å². The third-order valence-electron chi connectivity index (χ3n) is 5.63. The lowest BCUT2D eigenvalue weighted by Crippen LogP contribution is -2.03. The van der Waals surface area contributed by atoms with Gasteiger partial charge >= 0.3 is 0 Å². The van der Waals surface area contributed by atoms with Gasteiger partial charge in [0.1, 0.15) is 16.9 Å². The molecule has 0 saturated carbocycles. The normalized spacial score (nSPS) is 13.3. The van der Waals surface area contributed by atoms with Gasteiger partial charge in [0.2, 0.25) is 0 Å². The van der Waals surface area contributed by atoms with E-state index in [1.54, 1.807) is 12.1 Å². The molecule has 0 N–H and O–H groups in total. The van der Waals surface area contributed by atoms with Crippen LogP contribution in [0, 0.1) is 17.0 Å². The summed E-state index contributed by atoms with van der Waals surface area (Å²) in [5.74, 6) is 0. The molecule has 2 aromatic heterocycles. The first kappa shape index (κ1) is 19.0. The minimum absolute atomic E-state index is 0.0247. The van der Waals surface area contributed by atoms with Crippen LogP contribution >= 0.6 is 0 Å². The molecule has 2 heterocycles. The smallest absolute Gasteiger partial charge is 0.258 e. The van der Waals surface area contributed by atoms with Crippen molar-refractivity contribution in [1.82, 2.24) is 19.7 Å². The fourth-order valence-electron chi connectivity index (χ4n) is 4.08. The van der Waals surface area contributed by atoms with Crippen molar-refractivity contribution in [2.24, 2.45) is 4.99 Å². The van der Waals surface area contributed by atoms with Gasteiger partial charge in [-0.1, -0.05) is 42.5 Å². The molecule has 0 radical (unpaired) electrons. The standard InChI is InChI=1S/C25H16N6O2/c1-15-21-25(30(29-15)17-7-3-2-4-8-17)28-23-20-10-6-5-9-19(20)22(24(23)27-21)26-16-11-13-18(14-12-16)31(32)33/h2-14H,1H3. The maximum Gasteiger partial charge on any atom is 0.269 e. The van der Waals surface area contributed by atoms with Gasteiger partial charge in [0.25, 0.3) is 5.69 Å². The Balaban J connectivity index is 1.58. The van der Waals surface area contributed by atoms with Crippen LogP contribution in [0.15, 0.2) is 83.9 Å². The summed E-state index contributed by atoms with van der Waals surface area (Å²) < 4.78 is 1.81. The number of nitro benzene ring substituents is 1. The molecule has 0 amide bonds. The molecule has 5 aromatic rings.